The quantitative estimate of drug-likeness (QED) is 0.177. The van der Waals surface area contributed by atoms with Gasteiger partial charge in [0.05, 0.1) is 41.2 Å². The van der Waals surface area contributed by atoms with E-state index in [1.165, 1.54) is 16.2 Å². The molecule has 6 rings (SSSR count). The highest BCUT2D eigenvalue weighted by molar-refractivity contribution is 7.22. The Morgan fingerprint density at radius 2 is 1.90 bits per heavy atom. The molecule has 0 saturated carbocycles. The number of aromatic nitrogens is 3. The van der Waals surface area contributed by atoms with Gasteiger partial charge in [-0.15, -0.1) is 0 Å². The summed E-state index contributed by atoms with van der Waals surface area (Å²) in [6.45, 7) is 4.17. The minimum absolute atomic E-state index is 0.0451. The minimum Gasteiger partial charge on any atom is -0.505 e. The molecule has 1 saturated heterocycles. The van der Waals surface area contributed by atoms with Gasteiger partial charge in [-0.05, 0) is 61.9 Å². The molecular formula is C29H24N4O5S. The smallest absolute Gasteiger partial charge is 0.301 e. The molecule has 0 bridgehead atoms. The molecule has 1 aliphatic heterocycles. The number of carbonyl (C=O) groups excluding carboxylic acids is 2. The summed E-state index contributed by atoms with van der Waals surface area (Å²) in [7, 11) is 1.54. The number of rotatable bonds is 6. The zero-order chi connectivity index (χ0) is 27.3. The van der Waals surface area contributed by atoms with Gasteiger partial charge in [-0.2, -0.15) is 0 Å². The van der Waals surface area contributed by atoms with E-state index in [1.54, 1.807) is 61.0 Å². The number of hydrogen-bond donors (Lipinski definition) is 1. The summed E-state index contributed by atoms with van der Waals surface area (Å²) in [4.78, 5) is 37.9. The van der Waals surface area contributed by atoms with E-state index in [4.69, 9.17) is 9.47 Å². The lowest BCUT2D eigenvalue weighted by Crippen LogP contribution is -2.29. The average Bonchev–Trinajstić information content (AvgIpc) is 3.59. The molecule has 2 aromatic carbocycles. The van der Waals surface area contributed by atoms with Crippen molar-refractivity contribution >= 4 is 49.8 Å². The van der Waals surface area contributed by atoms with Crippen LogP contribution >= 0.6 is 11.3 Å². The molecule has 4 heterocycles. The Balaban J connectivity index is 1.58. The monoisotopic (exact) mass is 540 g/mol. The van der Waals surface area contributed by atoms with Crippen LogP contribution in [-0.4, -0.2) is 44.9 Å². The van der Waals surface area contributed by atoms with Crippen LogP contribution in [0.5, 0.6) is 11.5 Å². The molecule has 3 aromatic heterocycles. The molecule has 1 atom stereocenters. The lowest BCUT2D eigenvalue weighted by molar-refractivity contribution is -0.132. The number of amides is 1. The normalized spacial score (nSPS) is 16.9. The fourth-order valence-electron chi connectivity index (χ4n) is 4.94. The van der Waals surface area contributed by atoms with Gasteiger partial charge >= 0.3 is 5.91 Å². The van der Waals surface area contributed by atoms with Crippen molar-refractivity contribution in [1.82, 2.24) is 14.4 Å². The van der Waals surface area contributed by atoms with Gasteiger partial charge in [0.25, 0.3) is 5.78 Å². The van der Waals surface area contributed by atoms with E-state index >= 15 is 0 Å². The van der Waals surface area contributed by atoms with Crippen LogP contribution in [0.4, 0.5) is 5.13 Å². The molecule has 1 aliphatic rings. The summed E-state index contributed by atoms with van der Waals surface area (Å²) >= 11 is 1.27. The second-order valence-corrected chi connectivity index (χ2v) is 9.99. The zero-order valence-corrected chi connectivity index (χ0v) is 22.2. The number of ether oxygens (including phenoxy) is 2. The van der Waals surface area contributed by atoms with Crippen molar-refractivity contribution < 1.29 is 24.2 Å². The van der Waals surface area contributed by atoms with E-state index in [0.717, 1.165) is 4.70 Å². The van der Waals surface area contributed by atoms with Crippen molar-refractivity contribution in [3.05, 3.63) is 89.4 Å². The second-order valence-electron chi connectivity index (χ2n) is 8.98. The van der Waals surface area contributed by atoms with Gasteiger partial charge in [0.15, 0.2) is 10.9 Å². The van der Waals surface area contributed by atoms with Gasteiger partial charge in [-0.25, -0.2) is 9.97 Å². The summed E-state index contributed by atoms with van der Waals surface area (Å²) in [5.41, 5.74) is 2.70. The number of ketones is 1. The summed E-state index contributed by atoms with van der Waals surface area (Å²) in [5.74, 6) is -0.649. The number of fused-ring (bicyclic) bond motifs is 2. The molecule has 1 fully saturated rings. The number of aliphatic hydroxyl groups is 1. The summed E-state index contributed by atoms with van der Waals surface area (Å²) < 4.78 is 13.6. The number of anilines is 1. The van der Waals surface area contributed by atoms with E-state index in [2.05, 4.69) is 9.97 Å². The van der Waals surface area contributed by atoms with Gasteiger partial charge in [-0.1, -0.05) is 29.5 Å². The predicted molar refractivity (Wildman–Crippen MR) is 148 cm³/mol. The van der Waals surface area contributed by atoms with Gasteiger partial charge in [0.2, 0.25) is 0 Å². The maximum absolute atomic E-state index is 13.7. The predicted octanol–water partition coefficient (Wildman–Crippen LogP) is 5.29. The SMILES string of the molecule is CCOc1ccc2nc(N3C(=O)C(=O)/C(=C(/O)c4c(C)nc5ccccn45)C3c3cccc(OC)c3)sc2c1. The Kier molecular flexibility index (Phi) is 6.03. The van der Waals surface area contributed by atoms with Crippen molar-refractivity contribution in [2.45, 2.75) is 19.9 Å². The number of benzene rings is 2. The molecule has 1 N–H and O–H groups in total. The first-order valence-corrected chi connectivity index (χ1v) is 13.1. The highest BCUT2D eigenvalue weighted by Crippen LogP contribution is 2.45. The first-order chi connectivity index (χ1) is 18.9. The highest BCUT2D eigenvalue weighted by atomic mass is 32.1. The minimum atomic E-state index is -0.944. The van der Waals surface area contributed by atoms with Crippen LogP contribution in [0.3, 0.4) is 0 Å². The maximum atomic E-state index is 13.7. The lowest BCUT2D eigenvalue weighted by atomic mass is 9.96. The zero-order valence-electron chi connectivity index (χ0n) is 21.4. The van der Waals surface area contributed by atoms with Gasteiger partial charge in [-0.3, -0.25) is 18.9 Å². The van der Waals surface area contributed by atoms with E-state index < -0.39 is 17.7 Å². The van der Waals surface area contributed by atoms with Crippen molar-refractivity contribution in [3.63, 3.8) is 0 Å². The van der Waals surface area contributed by atoms with E-state index in [-0.39, 0.29) is 11.3 Å². The Labute approximate surface area is 227 Å². The molecule has 10 heteroatoms. The largest absolute Gasteiger partial charge is 0.505 e. The summed E-state index contributed by atoms with van der Waals surface area (Å²) in [5, 5.41) is 12.0. The van der Waals surface area contributed by atoms with Crippen LogP contribution in [-0.2, 0) is 9.59 Å². The van der Waals surface area contributed by atoms with Crippen molar-refractivity contribution in [1.29, 1.82) is 0 Å². The highest BCUT2D eigenvalue weighted by Gasteiger charge is 2.48. The lowest BCUT2D eigenvalue weighted by Gasteiger charge is -2.23. The molecule has 39 heavy (non-hydrogen) atoms. The second kappa shape index (κ2) is 9.55. The van der Waals surface area contributed by atoms with Crippen LogP contribution in [0.2, 0.25) is 0 Å². The molecule has 5 aromatic rings. The number of methoxy groups -OCH3 is 1. The number of Topliss-reactive ketones (excluding diaryl/α,β-unsaturated/α-hetero) is 1. The number of aryl methyl sites for hydroxylation is 1. The van der Waals surface area contributed by atoms with E-state index in [9.17, 15) is 14.7 Å². The Bertz CT molecular complexity index is 1800. The number of pyridine rings is 1. The number of carbonyl (C=O) groups is 2. The van der Waals surface area contributed by atoms with Crippen molar-refractivity contribution in [2.24, 2.45) is 0 Å². The Morgan fingerprint density at radius 1 is 1.05 bits per heavy atom. The van der Waals surface area contributed by atoms with E-state index in [1.807, 2.05) is 31.2 Å². The summed E-state index contributed by atoms with van der Waals surface area (Å²) in [6.07, 6.45) is 1.75. The third-order valence-corrected chi connectivity index (χ3v) is 7.67. The first kappa shape index (κ1) is 24.6. The van der Waals surface area contributed by atoms with Crippen molar-refractivity contribution in [3.8, 4) is 11.5 Å². The van der Waals surface area contributed by atoms with Gasteiger partial charge < -0.3 is 14.6 Å². The third-order valence-electron chi connectivity index (χ3n) is 6.65. The molecule has 0 radical (unpaired) electrons. The Morgan fingerprint density at radius 3 is 2.69 bits per heavy atom. The van der Waals surface area contributed by atoms with Crippen molar-refractivity contribution in [2.75, 3.05) is 18.6 Å². The van der Waals surface area contributed by atoms with Gasteiger partial charge in [0, 0.05) is 6.20 Å². The fourth-order valence-corrected chi connectivity index (χ4v) is 5.96. The van der Waals surface area contributed by atoms with Crippen LogP contribution in [0.25, 0.3) is 21.6 Å². The molecule has 0 spiro atoms. The number of aliphatic hydroxyl groups excluding tert-OH is 1. The number of thiazole rings is 1. The van der Waals surface area contributed by atoms with E-state index in [0.29, 0.717) is 51.4 Å². The van der Waals surface area contributed by atoms with Crippen LogP contribution in [0.15, 0.2) is 72.4 Å². The number of imidazole rings is 1. The van der Waals surface area contributed by atoms with Crippen LogP contribution in [0, 0.1) is 6.92 Å². The third kappa shape index (κ3) is 4.00. The maximum Gasteiger partial charge on any atom is 0.301 e. The number of nitrogens with zero attached hydrogens (tertiary/aromatic N) is 4. The molecule has 1 amide bonds. The molecule has 1 unspecified atom stereocenters. The fraction of sp³-hybridized carbons (Fsp3) is 0.172. The Hall–Kier alpha value is -4.70. The van der Waals surface area contributed by atoms with Crippen LogP contribution < -0.4 is 14.4 Å². The molecular weight excluding hydrogens is 516 g/mol. The average molecular weight is 541 g/mol. The number of hydrogen-bond acceptors (Lipinski definition) is 8. The topological polar surface area (TPSA) is 106 Å². The first-order valence-electron chi connectivity index (χ1n) is 12.3. The standard InChI is InChI=1S/C29H24N4O5S/c1-4-38-19-11-12-20-21(15-19)39-29(31-20)33-25(17-8-7-9-18(14-17)37-3)23(27(35)28(33)36)26(34)24-16(2)30-22-10-5-6-13-32(22)24/h5-15,25,34H,4H2,1-3H3/b26-23+. The van der Waals surface area contributed by atoms with Crippen LogP contribution in [0.1, 0.15) is 29.9 Å². The summed E-state index contributed by atoms with van der Waals surface area (Å²) in [6, 6.07) is 17.1. The van der Waals surface area contributed by atoms with Gasteiger partial charge in [0.1, 0.15) is 22.8 Å². The molecule has 196 valence electrons. The molecule has 9 nitrogen and oxygen atoms in total. The molecule has 0 aliphatic carbocycles.